The molecule has 3 aliphatic rings. The first-order chi connectivity index (χ1) is 15.0. The summed E-state index contributed by atoms with van der Waals surface area (Å²) >= 11 is 7.98. The quantitative estimate of drug-likeness (QED) is 0.677. The lowest BCUT2D eigenvalue weighted by Gasteiger charge is -2.29. The highest BCUT2D eigenvalue weighted by atomic mass is 35.5. The number of rotatable bonds is 5. The van der Waals surface area contributed by atoms with Crippen molar-refractivity contribution in [2.75, 3.05) is 17.3 Å². The van der Waals surface area contributed by atoms with Gasteiger partial charge in [-0.3, -0.25) is 24.6 Å². The number of para-hydroxylation sites is 1. The standard InChI is InChI=1S/C23H22ClN3O3S/c1-31-11-10-17-18-19(23(26-17)14-7-3-5-9-16(14)25-22(23)30)21(29)27(20(18)28)12-13-6-2-4-8-15(13)24/h2-9,17-19,26H,10-12H2,1H3,(H,25,30)/t17-,18-,19+,23+/m1/s1. The first kappa shape index (κ1) is 20.5. The van der Waals surface area contributed by atoms with E-state index in [9.17, 15) is 14.4 Å². The van der Waals surface area contributed by atoms with Crippen molar-refractivity contribution in [3.05, 3.63) is 64.7 Å². The molecule has 0 radical (unpaired) electrons. The van der Waals surface area contributed by atoms with Gasteiger partial charge in [-0.05, 0) is 36.1 Å². The van der Waals surface area contributed by atoms with Gasteiger partial charge in [0.2, 0.25) is 17.7 Å². The lowest BCUT2D eigenvalue weighted by Crippen LogP contribution is -2.53. The second kappa shape index (κ2) is 7.65. The number of hydrogen-bond acceptors (Lipinski definition) is 5. The van der Waals surface area contributed by atoms with Gasteiger partial charge < -0.3 is 5.32 Å². The number of halogens is 1. The molecule has 0 bridgehead atoms. The van der Waals surface area contributed by atoms with E-state index < -0.39 is 17.4 Å². The van der Waals surface area contributed by atoms with Crippen LogP contribution in [0.15, 0.2) is 48.5 Å². The summed E-state index contributed by atoms with van der Waals surface area (Å²) in [6.07, 6.45) is 2.70. The van der Waals surface area contributed by atoms with E-state index in [2.05, 4.69) is 10.6 Å². The summed E-state index contributed by atoms with van der Waals surface area (Å²) in [5, 5.41) is 6.87. The largest absolute Gasteiger partial charge is 0.324 e. The SMILES string of the molecule is CSCC[C@H]1N[C@]2(C(=O)Nc3ccccc32)[C@@H]2C(=O)N(Cc3ccccc3Cl)C(=O)[C@@H]21. The topological polar surface area (TPSA) is 78.5 Å². The van der Waals surface area contributed by atoms with Crippen molar-refractivity contribution in [3.8, 4) is 0 Å². The van der Waals surface area contributed by atoms with Gasteiger partial charge in [0, 0.05) is 22.3 Å². The fourth-order valence-corrected chi connectivity index (χ4v) is 5.95. The molecule has 2 N–H and O–H groups in total. The molecule has 2 aromatic carbocycles. The van der Waals surface area contributed by atoms with Crippen molar-refractivity contribution in [1.29, 1.82) is 0 Å². The second-order valence-corrected chi connectivity index (χ2v) is 9.59. The first-order valence-electron chi connectivity index (χ1n) is 10.2. The third-order valence-electron chi connectivity index (χ3n) is 6.63. The number of anilines is 1. The molecule has 6 nitrogen and oxygen atoms in total. The zero-order valence-electron chi connectivity index (χ0n) is 16.9. The summed E-state index contributed by atoms with van der Waals surface area (Å²) in [5.41, 5.74) is 0.910. The third kappa shape index (κ3) is 2.94. The monoisotopic (exact) mass is 455 g/mol. The van der Waals surface area contributed by atoms with Crippen LogP contribution in [0.1, 0.15) is 17.5 Å². The predicted octanol–water partition coefficient (Wildman–Crippen LogP) is 3.01. The average Bonchev–Trinajstić information content (AvgIpc) is 3.34. The summed E-state index contributed by atoms with van der Waals surface area (Å²) < 4.78 is 0. The number of likely N-dealkylation sites (tertiary alicyclic amines) is 1. The van der Waals surface area contributed by atoms with Crippen LogP contribution in [-0.2, 0) is 26.5 Å². The van der Waals surface area contributed by atoms with E-state index in [1.165, 1.54) is 4.90 Å². The van der Waals surface area contributed by atoms with Gasteiger partial charge in [-0.15, -0.1) is 0 Å². The molecule has 0 aliphatic carbocycles. The van der Waals surface area contributed by atoms with Crippen LogP contribution in [0.2, 0.25) is 5.02 Å². The fourth-order valence-electron chi connectivity index (χ4n) is 5.26. The second-order valence-electron chi connectivity index (χ2n) is 8.20. The Morgan fingerprint density at radius 2 is 1.81 bits per heavy atom. The zero-order valence-corrected chi connectivity index (χ0v) is 18.5. The summed E-state index contributed by atoms with van der Waals surface area (Å²) in [6.45, 7) is 0.110. The van der Waals surface area contributed by atoms with Gasteiger partial charge in [-0.2, -0.15) is 11.8 Å². The molecule has 3 aliphatic heterocycles. The van der Waals surface area contributed by atoms with Crippen LogP contribution in [0.3, 0.4) is 0 Å². The van der Waals surface area contributed by atoms with Gasteiger partial charge in [-0.1, -0.05) is 48.0 Å². The maximum absolute atomic E-state index is 13.7. The molecule has 2 saturated heterocycles. The van der Waals surface area contributed by atoms with E-state index >= 15 is 0 Å². The normalized spacial score (nSPS) is 28.9. The Balaban J connectivity index is 1.58. The zero-order chi connectivity index (χ0) is 21.8. The van der Waals surface area contributed by atoms with Gasteiger partial charge in [-0.25, -0.2) is 0 Å². The van der Waals surface area contributed by atoms with Crippen molar-refractivity contribution >= 4 is 46.8 Å². The summed E-state index contributed by atoms with van der Waals surface area (Å²) in [5.74, 6) is -1.36. The molecule has 4 atom stereocenters. The third-order valence-corrected chi connectivity index (χ3v) is 7.65. The molecule has 2 aromatic rings. The molecule has 0 saturated carbocycles. The molecule has 0 unspecified atom stereocenters. The molecule has 160 valence electrons. The number of carbonyl (C=O) groups is 3. The molecule has 3 amide bonds. The van der Waals surface area contributed by atoms with E-state index in [0.29, 0.717) is 22.7 Å². The van der Waals surface area contributed by atoms with E-state index in [1.54, 1.807) is 17.8 Å². The molecule has 2 fully saturated rings. The van der Waals surface area contributed by atoms with Gasteiger partial charge in [0.05, 0.1) is 18.4 Å². The number of imide groups is 1. The Bertz CT molecular complexity index is 1090. The average molecular weight is 456 g/mol. The highest BCUT2D eigenvalue weighted by Crippen LogP contribution is 2.53. The Kier molecular flexibility index (Phi) is 5.07. The van der Waals surface area contributed by atoms with E-state index in [1.807, 2.05) is 48.7 Å². The van der Waals surface area contributed by atoms with Crippen LogP contribution in [0.5, 0.6) is 0 Å². The Labute approximate surface area is 189 Å². The van der Waals surface area contributed by atoms with Gasteiger partial charge in [0.1, 0.15) is 5.54 Å². The van der Waals surface area contributed by atoms with E-state index in [0.717, 1.165) is 11.3 Å². The number of nitrogens with one attached hydrogen (secondary N) is 2. The number of amides is 3. The first-order valence-corrected chi connectivity index (χ1v) is 12.0. The number of benzene rings is 2. The summed E-state index contributed by atoms with van der Waals surface area (Å²) in [6, 6.07) is 14.3. The van der Waals surface area contributed by atoms with Crippen molar-refractivity contribution in [2.24, 2.45) is 11.8 Å². The molecule has 5 rings (SSSR count). The van der Waals surface area contributed by atoms with Crippen molar-refractivity contribution in [3.63, 3.8) is 0 Å². The number of nitrogens with zero attached hydrogens (tertiary/aromatic N) is 1. The molecule has 0 aromatic heterocycles. The highest BCUT2D eigenvalue weighted by Gasteiger charge is 2.70. The van der Waals surface area contributed by atoms with Crippen molar-refractivity contribution < 1.29 is 14.4 Å². The van der Waals surface area contributed by atoms with E-state index in [4.69, 9.17) is 11.6 Å². The summed E-state index contributed by atoms with van der Waals surface area (Å²) in [4.78, 5) is 41.8. The van der Waals surface area contributed by atoms with E-state index in [-0.39, 0.29) is 30.3 Å². The van der Waals surface area contributed by atoms with Crippen LogP contribution in [0.25, 0.3) is 0 Å². The minimum Gasteiger partial charge on any atom is -0.324 e. The number of carbonyl (C=O) groups excluding carboxylic acids is 3. The smallest absolute Gasteiger partial charge is 0.250 e. The van der Waals surface area contributed by atoms with Crippen molar-refractivity contribution in [2.45, 2.75) is 24.5 Å². The van der Waals surface area contributed by atoms with Crippen LogP contribution >= 0.6 is 23.4 Å². The predicted molar refractivity (Wildman–Crippen MR) is 121 cm³/mol. The number of thioether (sulfide) groups is 1. The van der Waals surface area contributed by atoms with Gasteiger partial charge in [0.25, 0.3) is 0 Å². The molecular formula is C23H22ClN3O3S. The Hall–Kier alpha value is -2.35. The molecule has 31 heavy (non-hydrogen) atoms. The maximum atomic E-state index is 13.7. The van der Waals surface area contributed by atoms with Crippen LogP contribution in [-0.4, -0.2) is 40.7 Å². The highest BCUT2D eigenvalue weighted by molar-refractivity contribution is 7.98. The molecule has 8 heteroatoms. The lowest BCUT2D eigenvalue weighted by atomic mass is 9.76. The van der Waals surface area contributed by atoms with Gasteiger partial charge in [0.15, 0.2) is 0 Å². The number of fused-ring (bicyclic) bond motifs is 4. The number of hydrogen-bond donors (Lipinski definition) is 2. The van der Waals surface area contributed by atoms with Crippen molar-refractivity contribution in [1.82, 2.24) is 10.2 Å². The maximum Gasteiger partial charge on any atom is 0.250 e. The minimum atomic E-state index is -1.23. The fraction of sp³-hybridized carbons (Fsp3) is 0.348. The Morgan fingerprint density at radius 1 is 1.06 bits per heavy atom. The van der Waals surface area contributed by atoms with Crippen LogP contribution in [0, 0.1) is 11.8 Å². The summed E-state index contributed by atoms with van der Waals surface area (Å²) in [7, 11) is 0. The van der Waals surface area contributed by atoms with Gasteiger partial charge >= 0.3 is 0 Å². The Morgan fingerprint density at radius 3 is 2.58 bits per heavy atom. The lowest BCUT2D eigenvalue weighted by molar-refractivity contribution is -0.143. The molecule has 3 heterocycles. The molecule has 1 spiro atoms. The minimum absolute atomic E-state index is 0.110. The van der Waals surface area contributed by atoms with Crippen LogP contribution in [0.4, 0.5) is 5.69 Å². The van der Waals surface area contributed by atoms with Crippen LogP contribution < -0.4 is 10.6 Å². The molecular weight excluding hydrogens is 434 g/mol.